The summed E-state index contributed by atoms with van der Waals surface area (Å²) < 4.78 is 4.32. The lowest BCUT2D eigenvalue weighted by molar-refractivity contribution is 0.0476. The number of hydrogen-bond donors (Lipinski definition) is 0. The third-order valence-corrected chi connectivity index (χ3v) is 0.792. The van der Waals surface area contributed by atoms with Crippen LogP contribution >= 0.6 is 0 Å². The average Bonchev–Trinajstić information content (AvgIpc) is 1.89. The van der Waals surface area contributed by atoms with Gasteiger partial charge in [-0.05, 0) is 6.42 Å². The highest BCUT2D eigenvalue weighted by Gasteiger charge is 1.99. The maximum Gasteiger partial charge on any atom is 0.530 e. The Hall–Kier alpha value is -0.770. The van der Waals surface area contributed by atoms with Crippen molar-refractivity contribution in [2.75, 3.05) is 6.61 Å². The topological polar surface area (TPSA) is 57.8 Å². The fraction of sp³-hybridized carbons (Fsp3) is 0.800. The molecule has 0 atom stereocenters. The fourth-order valence-corrected chi connectivity index (χ4v) is 0.326. The number of rotatable bonds is 3. The summed E-state index contributed by atoms with van der Waals surface area (Å²) in [5, 5.41) is 0. The molecule has 0 aromatic carbocycles. The van der Waals surface area contributed by atoms with Crippen molar-refractivity contribution in [3.63, 3.8) is 0 Å². The molecule has 0 aliphatic carbocycles. The molecule has 0 saturated heterocycles. The minimum absolute atomic E-state index is 0.301. The Morgan fingerprint density at radius 1 is 1.67 bits per heavy atom. The first-order valence-corrected chi connectivity index (χ1v) is 2.79. The Morgan fingerprint density at radius 2 is 2.33 bits per heavy atom. The largest absolute Gasteiger partial charge is 0.530 e. The Morgan fingerprint density at radius 3 is 2.78 bits per heavy atom. The lowest BCUT2D eigenvalue weighted by atomic mass is 10.4. The highest BCUT2D eigenvalue weighted by Crippen LogP contribution is 1.88. The second-order valence-corrected chi connectivity index (χ2v) is 1.54. The molecule has 0 N–H and O–H groups in total. The number of nitrogens with zero attached hydrogens (tertiary/aromatic N) is 1. The molecule has 2 radical (unpaired) electrons. The van der Waals surface area contributed by atoms with Crippen LogP contribution in [0.1, 0.15) is 19.8 Å². The van der Waals surface area contributed by atoms with Crippen LogP contribution in [-0.2, 0) is 9.57 Å². The quantitative estimate of drug-likeness (QED) is 0.325. The summed E-state index contributed by atoms with van der Waals surface area (Å²) in [6, 6.07) is 0. The molecule has 0 rings (SSSR count). The van der Waals surface area contributed by atoms with E-state index in [1.54, 1.807) is 0 Å². The first kappa shape index (κ1) is 8.23. The normalized spacial score (nSPS) is 8.67. The average molecular weight is 131 g/mol. The molecule has 0 heterocycles. The van der Waals surface area contributed by atoms with Crippen LogP contribution in [0.4, 0.5) is 4.79 Å². The van der Waals surface area contributed by atoms with Crippen molar-refractivity contribution < 1.29 is 14.4 Å². The van der Waals surface area contributed by atoms with Crippen molar-refractivity contribution in [3.05, 3.63) is 0 Å². The molecule has 4 heteroatoms. The molecule has 0 aliphatic rings. The van der Waals surface area contributed by atoms with Gasteiger partial charge in [-0.15, -0.1) is 0 Å². The zero-order valence-electron chi connectivity index (χ0n) is 5.29. The van der Waals surface area contributed by atoms with Crippen molar-refractivity contribution in [1.29, 1.82) is 0 Å². The van der Waals surface area contributed by atoms with Gasteiger partial charge in [0.1, 0.15) is 5.90 Å². The van der Waals surface area contributed by atoms with Crippen molar-refractivity contribution in [2.24, 2.45) is 0 Å². The number of ether oxygens (including phenoxy) is 1. The van der Waals surface area contributed by atoms with Gasteiger partial charge in [0.15, 0.2) is 0 Å². The van der Waals surface area contributed by atoms with E-state index in [-0.39, 0.29) is 0 Å². The Bertz CT molecular complexity index is 84.3. The van der Waals surface area contributed by atoms with E-state index in [0.717, 1.165) is 12.8 Å². The first-order valence-electron chi connectivity index (χ1n) is 2.79. The highest BCUT2D eigenvalue weighted by molar-refractivity contribution is 5.59. The van der Waals surface area contributed by atoms with Gasteiger partial charge >= 0.3 is 6.16 Å². The summed E-state index contributed by atoms with van der Waals surface area (Å²) in [6.45, 7) is 2.27. The Balaban J connectivity index is 2.97. The van der Waals surface area contributed by atoms with Gasteiger partial charge in [0, 0.05) is 0 Å². The maximum atomic E-state index is 9.99. The van der Waals surface area contributed by atoms with Gasteiger partial charge in [-0.3, -0.25) is 4.84 Å². The molecular weight excluding hydrogens is 122 g/mol. The van der Waals surface area contributed by atoms with Gasteiger partial charge in [0.2, 0.25) is 0 Å². The predicted molar refractivity (Wildman–Crippen MR) is 29.5 cm³/mol. The standard InChI is InChI=1S/C5H9NO3/c1-2-3-4-8-5(7)9-6/h2-4H2,1H3. The number of carbonyl (C=O) groups excluding carboxylic acids is 1. The molecule has 0 amide bonds. The van der Waals surface area contributed by atoms with Gasteiger partial charge in [-0.25, -0.2) is 4.79 Å². The van der Waals surface area contributed by atoms with Crippen molar-refractivity contribution in [3.8, 4) is 0 Å². The first-order chi connectivity index (χ1) is 4.31. The van der Waals surface area contributed by atoms with Crippen LogP contribution in [0.2, 0.25) is 0 Å². The van der Waals surface area contributed by atoms with Crippen molar-refractivity contribution in [2.45, 2.75) is 19.8 Å². The monoisotopic (exact) mass is 131 g/mol. The van der Waals surface area contributed by atoms with E-state index in [1.165, 1.54) is 0 Å². The zero-order valence-corrected chi connectivity index (χ0v) is 5.29. The fourth-order valence-electron chi connectivity index (χ4n) is 0.326. The van der Waals surface area contributed by atoms with E-state index in [9.17, 15) is 4.79 Å². The zero-order chi connectivity index (χ0) is 7.11. The lowest BCUT2D eigenvalue weighted by Crippen LogP contribution is -2.06. The van der Waals surface area contributed by atoms with E-state index in [4.69, 9.17) is 5.90 Å². The molecule has 9 heavy (non-hydrogen) atoms. The molecular formula is C5H9NO3. The van der Waals surface area contributed by atoms with Crippen LogP contribution in [0.5, 0.6) is 0 Å². The van der Waals surface area contributed by atoms with Gasteiger partial charge < -0.3 is 4.74 Å². The molecule has 0 aromatic rings. The minimum atomic E-state index is -1.04. The van der Waals surface area contributed by atoms with Crippen LogP contribution in [0, 0.1) is 0 Å². The predicted octanol–water partition coefficient (Wildman–Crippen LogP) is 0.923. The van der Waals surface area contributed by atoms with E-state index in [0.29, 0.717) is 6.61 Å². The summed E-state index contributed by atoms with van der Waals surface area (Å²) in [4.78, 5) is 13.2. The molecule has 0 aliphatic heterocycles. The van der Waals surface area contributed by atoms with Gasteiger partial charge in [-0.1, -0.05) is 13.3 Å². The van der Waals surface area contributed by atoms with E-state index in [1.807, 2.05) is 6.92 Å². The van der Waals surface area contributed by atoms with Gasteiger partial charge in [-0.2, -0.15) is 0 Å². The van der Waals surface area contributed by atoms with Crippen molar-refractivity contribution >= 4 is 6.16 Å². The van der Waals surface area contributed by atoms with Gasteiger partial charge in [0.25, 0.3) is 0 Å². The summed E-state index contributed by atoms with van der Waals surface area (Å²) >= 11 is 0. The smallest absolute Gasteiger partial charge is 0.433 e. The van der Waals surface area contributed by atoms with E-state index < -0.39 is 6.16 Å². The van der Waals surface area contributed by atoms with Crippen LogP contribution in [0.15, 0.2) is 0 Å². The molecule has 0 saturated carbocycles. The second kappa shape index (κ2) is 5.37. The highest BCUT2D eigenvalue weighted by atomic mass is 16.8. The van der Waals surface area contributed by atoms with Crippen LogP contribution < -0.4 is 5.90 Å². The summed E-state index contributed by atoms with van der Waals surface area (Å²) in [5.41, 5.74) is 0. The van der Waals surface area contributed by atoms with E-state index >= 15 is 0 Å². The summed E-state index contributed by atoms with van der Waals surface area (Å²) in [6.07, 6.45) is 0.691. The summed E-state index contributed by atoms with van der Waals surface area (Å²) in [7, 11) is 0. The van der Waals surface area contributed by atoms with Crippen LogP contribution in [0.3, 0.4) is 0 Å². The SMILES string of the molecule is CCCCOC(=O)O[N]. The van der Waals surface area contributed by atoms with Gasteiger partial charge in [0.05, 0.1) is 6.61 Å². The third-order valence-electron chi connectivity index (χ3n) is 0.792. The van der Waals surface area contributed by atoms with Crippen LogP contribution in [0.25, 0.3) is 0 Å². The molecule has 0 fully saturated rings. The molecule has 0 unspecified atom stereocenters. The van der Waals surface area contributed by atoms with Crippen molar-refractivity contribution in [1.82, 2.24) is 5.90 Å². The summed E-state index contributed by atoms with van der Waals surface area (Å²) in [5.74, 6) is 7.66. The minimum Gasteiger partial charge on any atom is -0.433 e. The Labute approximate surface area is 53.9 Å². The third kappa shape index (κ3) is 5.10. The number of unbranched alkanes of at least 4 members (excludes halogenated alkanes) is 1. The lowest BCUT2D eigenvalue weighted by Gasteiger charge is -1.96. The molecule has 0 aromatic heterocycles. The number of carbonyl (C=O) groups is 1. The second-order valence-electron chi connectivity index (χ2n) is 1.54. The van der Waals surface area contributed by atoms with Crippen LogP contribution in [-0.4, -0.2) is 12.8 Å². The molecule has 52 valence electrons. The van der Waals surface area contributed by atoms with E-state index in [2.05, 4.69) is 9.57 Å². The molecule has 0 spiro atoms. The maximum absolute atomic E-state index is 9.99. The Kier molecular flexibility index (Phi) is 4.91. The molecule has 0 bridgehead atoms. The molecule has 4 nitrogen and oxygen atoms in total. The number of hydrogen-bond acceptors (Lipinski definition) is 3.